The smallest absolute Gasteiger partial charge is 0.501 e. The van der Waals surface area contributed by atoms with Crippen molar-refractivity contribution in [2.24, 2.45) is 0 Å². The molecule has 1 aromatic heterocycles. The number of alkyl halides is 3. The largest absolute Gasteiger partial charge is 0.573 e. The van der Waals surface area contributed by atoms with E-state index in [0.29, 0.717) is 6.20 Å². The van der Waals surface area contributed by atoms with Gasteiger partial charge in [-0.2, -0.15) is 0 Å². The van der Waals surface area contributed by atoms with Crippen LogP contribution in [0.1, 0.15) is 10.4 Å². The van der Waals surface area contributed by atoms with Crippen molar-refractivity contribution in [2.75, 3.05) is 7.11 Å². The molecule has 94 valence electrons. The first kappa shape index (κ1) is 13.4. The van der Waals surface area contributed by atoms with Crippen LogP contribution < -0.4 is 9.47 Å². The van der Waals surface area contributed by atoms with Gasteiger partial charge >= 0.3 is 6.36 Å². The zero-order chi connectivity index (χ0) is 13.2. The Morgan fingerprint density at radius 3 is 2.53 bits per heavy atom. The van der Waals surface area contributed by atoms with Gasteiger partial charge < -0.3 is 14.6 Å². The second kappa shape index (κ2) is 4.66. The zero-order valence-electron chi connectivity index (χ0n) is 8.21. The molecule has 0 fully saturated rings. The Balaban J connectivity index is 3.35. The second-order valence-corrected chi connectivity index (χ2v) is 3.02. The molecule has 9 heteroatoms. The quantitative estimate of drug-likeness (QED) is 0.852. The van der Waals surface area contributed by atoms with Crippen molar-refractivity contribution in [1.82, 2.24) is 4.98 Å². The molecule has 0 bridgehead atoms. The molecule has 0 atom stereocenters. The number of ether oxygens (including phenoxy) is 2. The molecule has 0 radical (unpaired) electrons. The summed E-state index contributed by atoms with van der Waals surface area (Å²) in [4.78, 5) is 14.2. The van der Waals surface area contributed by atoms with Crippen LogP contribution in [0.2, 0.25) is 0 Å². The van der Waals surface area contributed by atoms with Gasteiger partial charge in [-0.15, -0.1) is 13.2 Å². The van der Waals surface area contributed by atoms with Crippen molar-refractivity contribution >= 4 is 16.8 Å². The maximum atomic E-state index is 12.1. The van der Waals surface area contributed by atoms with E-state index in [0.717, 1.165) is 7.11 Å². The Hall–Kier alpha value is -1.70. The molecule has 1 N–H and O–H groups in total. The number of rotatable bonds is 3. The normalized spacial score (nSPS) is 11.1. The number of carbonyl (C=O) groups is 1. The molecule has 0 saturated heterocycles. The first-order valence-electron chi connectivity index (χ1n) is 3.97. The SMILES string of the molecule is COc1ncc(C(=O)Cl)c(OC(F)(F)F)c1O. The number of hydrogen-bond acceptors (Lipinski definition) is 5. The van der Waals surface area contributed by atoms with Crippen molar-refractivity contribution in [3.8, 4) is 17.4 Å². The summed E-state index contributed by atoms with van der Waals surface area (Å²) in [5, 5.41) is 8.10. The summed E-state index contributed by atoms with van der Waals surface area (Å²) in [6, 6.07) is 0. The van der Waals surface area contributed by atoms with E-state index in [1.54, 1.807) is 0 Å². The lowest BCUT2D eigenvalue weighted by Crippen LogP contribution is -2.19. The highest BCUT2D eigenvalue weighted by Gasteiger charge is 2.35. The monoisotopic (exact) mass is 271 g/mol. The van der Waals surface area contributed by atoms with E-state index < -0.39 is 34.5 Å². The molecule has 0 aliphatic heterocycles. The molecular formula is C8H5ClF3NO4. The minimum absolute atomic E-state index is 0.522. The van der Waals surface area contributed by atoms with E-state index in [4.69, 9.17) is 11.6 Å². The molecule has 5 nitrogen and oxygen atoms in total. The third kappa shape index (κ3) is 3.13. The summed E-state index contributed by atoms with van der Waals surface area (Å²) in [5.74, 6) is -2.73. The standard InChI is InChI=1S/C8H5ClF3NO4/c1-16-7-4(14)5(17-8(10,11)12)3(2-13-7)6(9)15/h2,14H,1H3. The third-order valence-electron chi connectivity index (χ3n) is 1.60. The van der Waals surface area contributed by atoms with Crippen LogP contribution in [0, 0.1) is 0 Å². The summed E-state index contributed by atoms with van der Waals surface area (Å²) < 4.78 is 44.1. The predicted molar refractivity (Wildman–Crippen MR) is 49.3 cm³/mol. The summed E-state index contributed by atoms with van der Waals surface area (Å²) >= 11 is 5.03. The number of halogens is 4. The van der Waals surface area contributed by atoms with Crippen LogP contribution in [-0.2, 0) is 0 Å². The van der Waals surface area contributed by atoms with E-state index in [-0.39, 0.29) is 0 Å². The summed E-state index contributed by atoms with van der Waals surface area (Å²) in [5.41, 5.74) is -0.720. The van der Waals surface area contributed by atoms with Crippen LogP contribution >= 0.6 is 11.6 Å². The summed E-state index contributed by atoms with van der Waals surface area (Å²) in [6.45, 7) is 0. The molecule has 0 spiro atoms. The van der Waals surface area contributed by atoms with Crippen LogP contribution in [0.5, 0.6) is 17.4 Å². The first-order valence-corrected chi connectivity index (χ1v) is 4.35. The van der Waals surface area contributed by atoms with Gasteiger partial charge in [-0.3, -0.25) is 4.79 Å². The highest BCUT2D eigenvalue weighted by Crippen LogP contribution is 2.40. The van der Waals surface area contributed by atoms with Crippen LogP contribution in [-0.4, -0.2) is 28.8 Å². The van der Waals surface area contributed by atoms with Crippen molar-refractivity contribution < 1.29 is 32.5 Å². The molecule has 0 amide bonds. The average molecular weight is 272 g/mol. The van der Waals surface area contributed by atoms with E-state index in [1.165, 1.54) is 0 Å². The van der Waals surface area contributed by atoms with Crippen molar-refractivity contribution in [2.45, 2.75) is 6.36 Å². The lowest BCUT2D eigenvalue weighted by atomic mass is 10.2. The lowest BCUT2D eigenvalue weighted by molar-refractivity contribution is -0.275. The first-order chi connectivity index (χ1) is 7.76. The van der Waals surface area contributed by atoms with Crippen molar-refractivity contribution in [3.05, 3.63) is 11.8 Å². The second-order valence-electron chi connectivity index (χ2n) is 2.68. The summed E-state index contributed by atoms with van der Waals surface area (Å²) in [6.07, 6.45) is -4.39. The van der Waals surface area contributed by atoms with Crippen molar-refractivity contribution in [1.29, 1.82) is 0 Å². The van der Waals surface area contributed by atoms with Gasteiger partial charge in [0.05, 0.1) is 12.7 Å². The van der Waals surface area contributed by atoms with Gasteiger partial charge in [-0.25, -0.2) is 4.98 Å². The van der Waals surface area contributed by atoms with Crippen LogP contribution in [0.15, 0.2) is 6.20 Å². The zero-order valence-corrected chi connectivity index (χ0v) is 8.96. The highest BCUT2D eigenvalue weighted by molar-refractivity contribution is 6.68. The number of aromatic nitrogens is 1. The number of nitrogens with zero attached hydrogens (tertiary/aromatic N) is 1. The molecule has 17 heavy (non-hydrogen) atoms. The van der Waals surface area contributed by atoms with Gasteiger partial charge in [0.1, 0.15) is 0 Å². The molecular weight excluding hydrogens is 267 g/mol. The van der Waals surface area contributed by atoms with Gasteiger partial charge in [0.2, 0.25) is 5.75 Å². The van der Waals surface area contributed by atoms with Gasteiger partial charge in [-0.05, 0) is 11.6 Å². The Morgan fingerprint density at radius 2 is 2.12 bits per heavy atom. The number of pyridine rings is 1. The van der Waals surface area contributed by atoms with E-state index in [9.17, 15) is 23.1 Å². The summed E-state index contributed by atoms with van der Waals surface area (Å²) in [7, 11) is 1.07. The van der Waals surface area contributed by atoms with Gasteiger partial charge in [0.15, 0.2) is 5.75 Å². The fourth-order valence-corrected chi connectivity index (χ4v) is 1.11. The van der Waals surface area contributed by atoms with Crippen LogP contribution in [0.3, 0.4) is 0 Å². The molecule has 0 aromatic carbocycles. The number of aromatic hydroxyl groups is 1. The minimum atomic E-state index is -5.09. The van der Waals surface area contributed by atoms with E-state index in [1.807, 2.05) is 0 Å². The minimum Gasteiger partial charge on any atom is -0.501 e. The van der Waals surface area contributed by atoms with Crippen molar-refractivity contribution in [3.63, 3.8) is 0 Å². The molecule has 1 heterocycles. The lowest BCUT2D eigenvalue weighted by Gasteiger charge is -2.13. The topological polar surface area (TPSA) is 68.7 Å². The molecule has 1 aromatic rings. The van der Waals surface area contributed by atoms with Gasteiger partial charge in [0.25, 0.3) is 11.1 Å². The molecule has 0 aliphatic carbocycles. The Morgan fingerprint density at radius 1 is 1.53 bits per heavy atom. The highest BCUT2D eigenvalue weighted by atomic mass is 35.5. The maximum absolute atomic E-state index is 12.1. The fraction of sp³-hybridized carbons (Fsp3) is 0.250. The average Bonchev–Trinajstić information content (AvgIpc) is 2.18. The molecule has 0 aliphatic rings. The Bertz CT molecular complexity index is 449. The molecule has 0 unspecified atom stereocenters. The third-order valence-corrected chi connectivity index (χ3v) is 1.80. The van der Waals surface area contributed by atoms with E-state index >= 15 is 0 Å². The van der Waals surface area contributed by atoms with Crippen LogP contribution in [0.25, 0.3) is 0 Å². The maximum Gasteiger partial charge on any atom is 0.573 e. The molecule has 1 rings (SSSR count). The number of carbonyl (C=O) groups excluding carboxylic acids is 1. The fourth-order valence-electron chi connectivity index (χ4n) is 0.976. The Kier molecular flexibility index (Phi) is 3.66. The number of hydrogen-bond donors (Lipinski definition) is 1. The van der Waals surface area contributed by atoms with Gasteiger partial charge in [-0.1, -0.05) is 0 Å². The Labute approximate surface area is 97.7 Å². The molecule has 0 saturated carbocycles. The van der Waals surface area contributed by atoms with E-state index in [2.05, 4.69) is 14.5 Å². The van der Waals surface area contributed by atoms with Gasteiger partial charge in [0, 0.05) is 6.20 Å². The predicted octanol–water partition coefficient (Wildman–Crippen LogP) is 2.07. The van der Waals surface area contributed by atoms with Crippen LogP contribution in [0.4, 0.5) is 13.2 Å². The number of methoxy groups -OCH3 is 1.